The number of aryl methyl sites for hydroxylation is 1. The predicted octanol–water partition coefficient (Wildman–Crippen LogP) is 5.77. The SMILES string of the molecule is CCOC(=O)C1=C(C)N=c2s/c(=C\c3cc(C)n(-c4ccc(Br)cc4)c3C)c(=O)n2[C@H]1c1ccc(OCC)c(OCC)c1. The van der Waals surface area contributed by atoms with Crippen molar-refractivity contribution in [3.05, 3.63) is 106 Å². The number of hydrogen-bond acceptors (Lipinski definition) is 7. The van der Waals surface area contributed by atoms with Crippen molar-refractivity contribution in [1.82, 2.24) is 9.13 Å². The number of rotatable bonds is 9. The van der Waals surface area contributed by atoms with Crippen LogP contribution >= 0.6 is 27.3 Å². The van der Waals surface area contributed by atoms with Gasteiger partial charge in [0.1, 0.15) is 0 Å². The van der Waals surface area contributed by atoms with Crippen molar-refractivity contribution < 1.29 is 19.0 Å². The highest BCUT2D eigenvalue weighted by molar-refractivity contribution is 9.10. The summed E-state index contributed by atoms with van der Waals surface area (Å²) in [5.74, 6) is 0.634. The van der Waals surface area contributed by atoms with Crippen LogP contribution in [0.15, 0.2) is 74.1 Å². The Morgan fingerprint density at radius 2 is 1.67 bits per heavy atom. The number of carbonyl (C=O) groups excluding carboxylic acids is 1. The second-order valence-electron chi connectivity index (χ2n) is 10.0. The van der Waals surface area contributed by atoms with Gasteiger partial charge in [0.05, 0.1) is 41.7 Å². The quantitative estimate of drug-likeness (QED) is 0.213. The molecule has 0 saturated carbocycles. The number of nitrogens with zero attached hydrogens (tertiary/aromatic N) is 3. The molecule has 0 amide bonds. The summed E-state index contributed by atoms with van der Waals surface area (Å²) < 4.78 is 22.4. The zero-order valence-corrected chi connectivity index (χ0v) is 27.5. The Labute approximate surface area is 262 Å². The second-order valence-corrected chi connectivity index (χ2v) is 11.9. The molecule has 0 fully saturated rings. The van der Waals surface area contributed by atoms with Gasteiger partial charge < -0.3 is 18.8 Å². The first-order valence-corrected chi connectivity index (χ1v) is 15.8. The van der Waals surface area contributed by atoms with Crippen LogP contribution in [0.25, 0.3) is 11.8 Å². The molecule has 43 heavy (non-hydrogen) atoms. The topological polar surface area (TPSA) is 84.1 Å². The van der Waals surface area contributed by atoms with E-state index in [0.717, 1.165) is 27.1 Å². The van der Waals surface area contributed by atoms with Gasteiger partial charge in [0.2, 0.25) is 0 Å². The predicted molar refractivity (Wildman–Crippen MR) is 172 cm³/mol. The Balaban J connectivity index is 1.69. The first-order chi connectivity index (χ1) is 20.7. The molecule has 1 atom stereocenters. The van der Waals surface area contributed by atoms with Gasteiger partial charge >= 0.3 is 5.97 Å². The molecule has 1 aliphatic heterocycles. The summed E-state index contributed by atoms with van der Waals surface area (Å²) in [5, 5.41) is 0. The van der Waals surface area contributed by atoms with Crippen LogP contribution in [0.5, 0.6) is 11.5 Å². The fourth-order valence-electron chi connectivity index (χ4n) is 5.41. The van der Waals surface area contributed by atoms with Gasteiger partial charge in [-0.1, -0.05) is 33.3 Å². The molecule has 0 unspecified atom stereocenters. The molecule has 0 N–H and O–H groups in total. The third kappa shape index (κ3) is 5.86. The Hall–Kier alpha value is -3.89. The van der Waals surface area contributed by atoms with Crippen molar-refractivity contribution in [3.63, 3.8) is 0 Å². The minimum atomic E-state index is -0.748. The zero-order valence-electron chi connectivity index (χ0n) is 25.1. The summed E-state index contributed by atoms with van der Waals surface area (Å²) in [6, 6.07) is 14.9. The molecule has 1 aliphatic rings. The monoisotopic (exact) mass is 663 g/mol. The average Bonchev–Trinajstić information content (AvgIpc) is 3.43. The van der Waals surface area contributed by atoms with Crippen molar-refractivity contribution in [1.29, 1.82) is 0 Å². The highest BCUT2D eigenvalue weighted by Gasteiger charge is 2.34. The molecule has 5 rings (SSSR count). The van der Waals surface area contributed by atoms with Crippen molar-refractivity contribution in [3.8, 4) is 17.2 Å². The Morgan fingerprint density at radius 1 is 0.977 bits per heavy atom. The van der Waals surface area contributed by atoms with Crippen LogP contribution in [-0.4, -0.2) is 34.9 Å². The van der Waals surface area contributed by atoms with Gasteiger partial charge in [-0.3, -0.25) is 9.36 Å². The van der Waals surface area contributed by atoms with E-state index in [4.69, 9.17) is 19.2 Å². The normalized spacial score (nSPS) is 14.9. The summed E-state index contributed by atoms with van der Waals surface area (Å²) >= 11 is 4.81. The summed E-state index contributed by atoms with van der Waals surface area (Å²) in [7, 11) is 0. The van der Waals surface area contributed by atoms with Crippen molar-refractivity contribution >= 4 is 39.3 Å². The third-order valence-electron chi connectivity index (χ3n) is 7.24. The number of fused-ring (bicyclic) bond motifs is 1. The molecular formula is C33H34BrN3O5S. The maximum absolute atomic E-state index is 14.2. The number of halogens is 1. The Kier molecular flexibility index (Phi) is 9.08. The molecule has 4 aromatic rings. The number of thiazole rings is 1. The molecule has 0 aliphatic carbocycles. The minimum absolute atomic E-state index is 0.203. The molecule has 2 aromatic heterocycles. The minimum Gasteiger partial charge on any atom is -0.490 e. The second kappa shape index (κ2) is 12.8. The summed E-state index contributed by atoms with van der Waals surface area (Å²) in [6.45, 7) is 12.5. The van der Waals surface area contributed by atoms with Crippen LogP contribution in [0, 0.1) is 13.8 Å². The lowest BCUT2D eigenvalue weighted by atomic mass is 9.95. The van der Waals surface area contributed by atoms with Crippen molar-refractivity contribution in [2.24, 2.45) is 4.99 Å². The maximum Gasteiger partial charge on any atom is 0.338 e. The van der Waals surface area contributed by atoms with Crippen LogP contribution in [0.4, 0.5) is 0 Å². The van der Waals surface area contributed by atoms with Gasteiger partial charge in [-0.25, -0.2) is 9.79 Å². The van der Waals surface area contributed by atoms with Gasteiger partial charge in [-0.05, 0) is 101 Å². The molecule has 3 heterocycles. The lowest BCUT2D eigenvalue weighted by Gasteiger charge is -2.25. The fraction of sp³-hybridized carbons (Fsp3) is 0.303. The van der Waals surface area contributed by atoms with E-state index in [0.29, 0.717) is 50.9 Å². The molecule has 0 radical (unpaired) electrons. The van der Waals surface area contributed by atoms with Crippen molar-refractivity contribution in [2.45, 2.75) is 47.6 Å². The van der Waals surface area contributed by atoms with Gasteiger partial charge in [-0.2, -0.15) is 0 Å². The first-order valence-electron chi connectivity index (χ1n) is 14.2. The number of esters is 1. The number of aromatic nitrogens is 2. The molecule has 0 saturated heterocycles. The Morgan fingerprint density at radius 3 is 2.35 bits per heavy atom. The van der Waals surface area contributed by atoms with Crippen molar-refractivity contribution in [2.75, 3.05) is 19.8 Å². The smallest absolute Gasteiger partial charge is 0.338 e. The van der Waals surface area contributed by atoms with E-state index in [1.807, 2.05) is 64.1 Å². The first kappa shape index (κ1) is 30.6. The van der Waals surface area contributed by atoms with Gasteiger partial charge in [0.15, 0.2) is 16.3 Å². The summed E-state index contributed by atoms with van der Waals surface area (Å²) in [5.41, 5.74) is 5.33. The third-order valence-corrected chi connectivity index (χ3v) is 8.75. The van der Waals surface area contributed by atoms with Gasteiger partial charge in [0.25, 0.3) is 5.56 Å². The molecule has 224 valence electrons. The van der Waals surface area contributed by atoms with Crippen LogP contribution in [0.2, 0.25) is 0 Å². The molecule has 0 bridgehead atoms. The number of benzene rings is 2. The lowest BCUT2D eigenvalue weighted by Crippen LogP contribution is -2.40. The van der Waals surface area contributed by atoms with Crippen LogP contribution in [0.1, 0.15) is 56.3 Å². The number of hydrogen-bond donors (Lipinski definition) is 0. The standard InChI is InChI=1S/C33H34BrN3O5S/c1-7-40-26-15-10-22(17-27(26)41-8-2)30-29(32(39)42-9-3)20(5)35-33-37(30)31(38)28(43-33)18-23-16-19(4)36(21(23)6)25-13-11-24(34)12-14-25/h10-18,30H,7-9H2,1-6H3/b28-18-/t30-/m0/s1. The van der Waals surface area contributed by atoms with E-state index >= 15 is 0 Å². The molecule has 0 spiro atoms. The Bertz CT molecular complexity index is 1900. The fourth-order valence-corrected chi connectivity index (χ4v) is 6.71. The van der Waals surface area contributed by atoms with Gasteiger partial charge in [-0.15, -0.1) is 0 Å². The van der Waals surface area contributed by atoms with Crippen LogP contribution in [0.3, 0.4) is 0 Å². The maximum atomic E-state index is 14.2. The zero-order chi connectivity index (χ0) is 30.8. The highest BCUT2D eigenvalue weighted by atomic mass is 79.9. The molecular weight excluding hydrogens is 630 g/mol. The summed E-state index contributed by atoms with van der Waals surface area (Å²) in [4.78, 5) is 32.7. The molecule has 2 aromatic carbocycles. The summed E-state index contributed by atoms with van der Waals surface area (Å²) in [6.07, 6.45) is 1.91. The van der Waals surface area contributed by atoms with E-state index in [2.05, 4.69) is 38.7 Å². The highest BCUT2D eigenvalue weighted by Crippen LogP contribution is 2.36. The largest absolute Gasteiger partial charge is 0.490 e. The number of carbonyl (C=O) groups is 1. The van der Waals surface area contributed by atoms with Gasteiger partial charge in [0, 0.05) is 21.5 Å². The van der Waals surface area contributed by atoms with E-state index in [9.17, 15) is 9.59 Å². The van der Waals surface area contributed by atoms with E-state index in [1.165, 1.54) is 11.3 Å². The number of ether oxygens (including phenoxy) is 3. The lowest BCUT2D eigenvalue weighted by molar-refractivity contribution is -0.139. The van der Waals surface area contributed by atoms with E-state index in [-0.39, 0.29) is 12.2 Å². The van der Waals surface area contributed by atoms with Crippen LogP contribution < -0.4 is 24.4 Å². The van der Waals surface area contributed by atoms with E-state index in [1.54, 1.807) is 18.4 Å². The van der Waals surface area contributed by atoms with Crippen LogP contribution in [-0.2, 0) is 9.53 Å². The average molecular weight is 665 g/mol. The van der Waals surface area contributed by atoms with E-state index < -0.39 is 12.0 Å². The number of allylic oxidation sites excluding steroid dienone is 1. The molecule has 10 heteroatoms. The molecule has 8 nitrogen and oxygen atoms in total.